The van der Waals surface area contributed by atoms with Crippen molar-refractivity contribution in [2.45, 2.75) is 47.5 Å². The lowest BCUT2D eigenvalue weighted by Gasteiger charge is -2.32. The molecular weight excluding hydrogens is 363 g/mol. The fourth-order valence-corrected chi connectivity index (χ4v) is 3.33. The average molecular weight is 390 g/mol. The highest BCUT2D eigenvalue weighted by molar-refractivity contribution is 6.50. The van der Waals surface area contributed by atoms with Gasteiger partial charge in [0.25, 0.3) is 0 Å². The SMILES string of the molecule is Cc1cc(C)n(CN2CCC[NH+](Cn3nc(C)cc3C)C2)n1.F[B-](F)(F)F. The Morgan fingerprint density at radius 3 is 1.96 bits per heavy atom. The smallest absolute Gasteiger partial charge is 0.418 e. The van der Waals surface area contributed by atoms with E-state index in [2.05, 4.69) is 64.3 Å². The van der Waals surface area contributed by atoms with Crippen molar-refractivity contribution in [2.24, 2.45) is 0 Å². The average Bonchev–Trinajstić information content (AvgIpc) is 2.99. The van der Waals surface area contributed by atoms with Crippen molar-refractivity contribution in [1.29, 1.82) is 0 Å². The monoisotopic (exact) mass is 390 g/mol. The van der Waals surface area contributed by atoms with Crippen LogP contribution < -0.4 is 4.90 Å². The third kappa shape index (κ3) is 7.34. The van der Waals surface area contributed by atoms with Crippen LogP contribution in [0.5, 0.6) is 0 Å². The Morgan fingerprint density at radius 1 is 0.963 bits per heavy atom. The first kappa shape index (κ1) is 21.4. The van der Waals surface area contributed by atoms with Crippen LogP contribution in [-0.2, 0) is 13.3 Å². The number of hydrogen-bond acceptors (Lipinski definition) is 3. The van der Waals surface area contributed by atoms with Crippen LogP contribution in [0.25, 0.3) is 0 Å². The third-order valence-corrected chi connectivity index (χ3v) is 4.37. The summed E-state index contributed by atoms with van der Waals surface area (Å²) in [6.45, 7) is 13.6. The maximum Gasteiger partial charge on any atom is 0.673 e. The Morgan fingerprint density at radius 2 is 1.48 bits per heavy atom. The van der Waals surface area contributed by atoms with E-state index in [0.29, 0.717) is 0 Å². The van der Waals surface area contributed by atoms with E-state index in [1.165, 1.54) is 24.4 Å². The van der Waals surface area contributed by atoms with E-state index in [1.54, 1.807) is 4.90 Å². The molecule has 1 aliphatic rings. The second-order valence-electron chi connectivity index (χ2n) is 7.05. The van der Waals surface area contributed by atoms with Gasteiger partial charge in [-0.1, -0.05) is 0 Å². The molecule has 0 amide bonds. The summed E-state index contributed by atoms with van der Waals surface area (Å²) in [7, 11) is -6.00. The van der Waals surface area contributed by atoms with E-state index in [9.17, 15) is 17.3 Å². The van der Waals surface area contributed by atoms with Gasteiger partial charge in [0.2, 0.25) is 0 Å². The number of aromatic nitrogens is 4. The summed E-state index contributed by atoms with van der Waals surface area (Å²) in [5.74, 6) is 0. The predicted octanol–water partition coefficient (Wildman–Crippen LogP) is 1.78. The second-order valence-corrected chi connectivity index (χ2v) is 7.05. The molecule has 0 saturated carbocycles. The maximum atomic E-state index is 9.75. The summed E-state index contributed by atoms with van der Waals surface area (Å²) < 4.78 is 43.2. The molecule has 1 N–H and O–H groups in total. The van der Waals surface area contributed by atoms with Gasteiger partial charge >= 0.3 is 7.25 Å². The topological polar surface area (TPSA) is 43.3 Å². The van der Waals surface area contributed by atoms with Crippen LogP contribution in [0.3, 0.4) is 0 Å². The first-order valence-corrected chi connectivity index (χ1v) is 8.96. The second kappa shape index (κ2) is 8.88. The van der Waals surface area contributed by atoms with Crippen LogP contribution >= 0.6 is 0 Å². The first-order valence-electron chi connectivity index (χ1n) is 8.96. The molecule has 0 bridgehead atoms. The number of halogens is 4. The first-order chi connectivity index (χ1) is 12.5. The highest BCUT2D eigenvalue weighted by Crippen LogP contribution is 2.07. The molecular formula is C16H27BF4N6. The molecule has 1 fully saturated rings. The van der Waals surface area contributed by atoms with E-state index < -0.39 is 7.25 Å². The number of quaternary nitrogens is 1. The molecule has 1 saturated heterocycles. The minimum absolute atomic E-state index is 0.889. The zero-order valence-electron chi connectivity index (χ0n) is 16.2. The van der Waals surface area contributed by atoms with Crippen LogP contribution in [0.2, 0.25) is 0 Å². The Balaban J connectivity index is 0.000000465. The Bertz CT molecular complexity index is 682. The van der Waals surface area contributed by atoms with E-state index in [0.717, 1.165) is 37.9 Å². The molecule has 6 nitrogen and oxygen atoms in total. The molecule has 0 aromatic carbocycles. The van der Waals surface area contributed by atoms with Crippen LogP contribution in [0, 0.1) is 27.7 Å². The third-order valence-electron chi connectivity index (χ3n) is 4.37. The summed E-state index contributed by atoms with van der Waals surface area (Å²) in [5.41, 5.74) is 4.69. The summed E-state index contributed by atoms with van der Waals surface area (Å²) in [6.07, 6.45) is 1.23. The Hall–Kier alpha value is -1.88. The quantitative estimate of drug-likeness (QED) is 0.640. The highest BCUT2D eigenvalue weighted by atomic mass is 19.5. The number of rotatable bonds is 4. The van der Waals surface area contributed by atoms with E-state index >= 15 is 0 Å². The lowest BCUT2D eigenvalue weighted by atomic mass is 10.3. The van der Waals surface area contributed by atoms with Crippen molar-refractivity contribution < 1.29 is 22.2 Å². The van der Waals surface area contributed by atoms with Crippen molar-refractivity contribution in [1.82, 2.24) is 24.5 Å². The Labute approximate surface area is 156 Å². The van der Waals surface area contributed by atoms with Gasteiger partial charge < -0.3 is 22.2 Å². The molecule has 152 valence electrons. The largest absolute Gasteiger partial charge is 0.673 e. The minimum Gasteiger partial charge on any atom is -0.418 e. The van der Waals surface area contributed by atoms with Crippen molar-refractivity contribution >= 4 is 7.25 Å². The number of hydrogen-bond donors (Lipinski definition) is 1. The van der Waals surface area contributed by atoms with Gasteiger partial charge in [-0.15, -0.1) is 0 Å². The fourth-order valence-electron chi connectivity index (χ4n) is 3.33. The molecule has 2 aromatic heterocycles. The summed E-state index contributed by atoms with van der Waals surface area (Å²) in [4.78, 5) is 4.06. The molecule has 1 atom stereocenters. The molecule has 3 rings (SSSR count). The van der Waals surface area contributed by atoms with Crippen LogP contribution in [0.15, 0.2) is 12.1 Å². The van der Waals surface area contributed by atoms with E-state index in [1.807, 2.05) is 0 Å². The fraction of sp³-hybridized carbons (Fsp3) is 0.625. The van der Waals surface area contributed by atoms with Crippen LogP contribution in [0.4, 0.5) is 17.3 Å². The van der Waals surface area contributed by atoms with Gasteiger partial charge in [-0.3, -0.25) is 4.68 Å². The van der Waals surface area contributed by atoms with E-state index in [4.69, 9.17) is 0 Å². The number of nitrogens with one attached hydrogen (secondary N) is 1. The van der Waals surface area contributed by atoms with Crippen molar-refractivity contribution in [2.75, 3.05) is 19.8 Å². The molecule has 3 heterocycles. The number of nitrogens with zero attached hydrogens (tertiary/aromatic N) is 5. The molecule has 0 radical (unpaired) electrons. The van der Waals surface area contributed by atoms with Gasteiger partial charge in [-0.25, -0.2) is 9.58 Å². The number of aryl methyl sites for hydroxylation is 4. The molecule has 11 heteroatoms. The standard InChI is InChI=1S/C16H26N6.BF4/c1-13-8-15(3)21(17-13)11-19-6-5-7-20(10-19)12-22-16(4)9-14(2)18-22;2-1(3,4)5/h8-9H,5-7,10-12H2,1-4H3;/q;-1/p+1. The predicted molar refractivity (Wildman–Crippen MR) is 95.6 cm³/mol. The van der Waals surface area contributed by atoms with Crippen molar-refractivity contribution in [3.05, 3.63) is 34.9 Å². The zero-order valence-corrected chi connectivity index (χ0v) is 16.2. The lowest BCUT2D eigenvalue weighted by Crippen LogP contribution is -3.14. The molecule has 1 aliphatic heterocycles. The molecule has 1 unspecified atom stereocenters. The molecule has 2 aromatic rings. The minimum atomic E-state index is -6.00. The van der Waals surface area contributed by atoms with Crippen molar-refractivity contribution in [3.63, 3.8) is 0 Å². The zero-order chi connectivity index (χ0) is 20.2. The lowest BCUT2D eigenvalue weighted by molar-refractivity contribution is -0.939. The van der Waals surface area contributed by atoms with Gasteiger partial charge in [0.1, 0.15) is 6.67 Å². The summed E-state index contributed by atoms with van der Waals surface area (Å²) in [5, 5.41) is 9.17. The van der Waals surface area contributed by atoms with Crippen molar-refractivity contribution in [3.8, 4) is 0 Å². The van der Waals surface area contributed by atoms with Gasteiger partial charge in [-0.05, 0) is 39.8 Å². The van der Waals surface area contributed by atoms with Gasteiger partial charge in [-0.2, -0.15) is 10.2 Å². The highest BCUT2D eigenvalue weighted by Gasteiger charge is 2.22. The van der Waals surface area contributed by atoms with Gasteiger partial charge in [0.15, 0.2) is 6.67 Å². The normalized spacial score (nSPS) is 18.3. The molecule has 0 spiro atoms. The van der Waals surface area contributed by atoms with Gasteiger partial charge in [0, 0.05) is 24.4 Å². The van der Waals surface area contributed by atoms with E-state index in [-0.39, 0.29) is 0 Å². The van der Waals surface area contributed by atoms with Crippen LogP contribution in [0.1, 0.15) is 29.2 Å². The summed E-state index contributed by atoms with van der Waals surface area (Å²) >= 11 is 0. The van der Waals surface area contributed by atoms with Gasteiger partial charge in [0.05, 0.1) is 24.6 Å². The molecule has 27 heavy (non-hydrogen) atoms. The van der Waals surface area contributed by atoms with Crippen LogP contribution in [-0.4, -0.2) is 51.5 Å². The molecule has 0 aliphatic carbocycles. The summed E-state index contributed by atoms with van der Waals surface area (Å²) in [6, 6.07) is 4.29. The maximum absolute atomic E-state index is 9.75. The Kier molecular flexibility index (Phi) is 7.04.